The molecule has 0 saturated carbocycles. The highest BCUT2D eigenvalue weighted by Gasteiger charge is 2.18. The first kappa shape index (κ1) is 22.7. The van der Waals surface area contributed by atoms with Gasteiger partial charge in [0.1, 0.15) is 23.9 Å². The third-order valence-electron chi connectivity index (χ3n) is 4.01. The zero-order valence-electron chi connectivity index (χ0n) is 17.6. The lowest BCUT2D eigenvalue weighted by Gasteiger charge is -2.19. The summed E-state index contributed by atoms with van der Waals surface area (Å²) in [5.74, 6) is -0.653. The summed E-state index contributed by atoms with van der Waals surface area (Å²) in [4.78, 5) is 27.8. The Bertz CT molecular complexity index is 995. The maximum Gasteiger partial charge on any atom is 0.407 e. The number of carbonyl (C=O) groups excluding carboxylic acids is 2. The molecule has 1 aromatic heterocycles. The van der Waals surface area contributed by atoms with Gasteiger partial charge in [0.25, 0.3) is 0 Å². The predicted molar refractivity (Wildman–Crippen MR) is 110 cm³/mol. The molecule has 30 heavy (non-hydrogen) atoms. The second-order valence-corrected chi connectivity index (χ2v) is 7.61. The number of hydrogen-bond acceptors (Lipinski definition) is 7. The van der Waals surface area contributed by atoms with Crippen molar-refractivity contribution >= 4 is 28.7 Å². The topological polar surface area (TPSA) is 126 Å². The number of carbonyl (C=O) groups is 2. The molecule has 0 fully saturated rings. The molecule has 0 aliphatic rings. The Balaban J connectivity index is 1.88. The Kier molecular flexibility index (Phi) is 7.42. The lowest BCUT2D eigenvalue weighted by atomic mass is 10.2. The molecule has 160 valence electrons. The van der Waals surface area contributed by atoms with Crippen LogP contribution < -0.4 is 5.32 Å². The molecule has 0 radical (unpaired) electrons. The van der Waals surface area contributed by atoms with Gasteiger partial charge in [-0.05, 0) is 39.3 Å². The number of nitrogens with one attached hydrogen (secondary N) is 1. The molecule has 0 saturated heterocycles. The quantitative estimate of drug-likeness (QED) is 0.308. The van der Waals surface area contributed by atoms with Crippen LogP contribution in [0.1, 0.15) is 39.4 Å². The van der Waals surface area contributed by atoms with E-state index < -0.39 is 24.3 Å². The minimum absolute atomic E-state index is 0.0389. The van der Waals surface area contributed by atoms with Gasteiger partial charge in [0.15, 0.2) is 11.6 Å². The van der Waals surface area contributed by atoms with E-state index in [0.29, 0.717) is 11.9 Å². The number of nitriles is 1. The Morgan fingerprint density at radius 1 is 1.30 bits per heavy atom. The highest BCUT2D eigenvalue weighted by atomic mass is 16.6. The molecule has 1 heterocycles. The third kappa shape index (κ3) is 6.24. The number of alkyl carbamates (subject to hydrolysis) is 1. The minimum atomic E-state index is -0.593. The summed E-state index contributed by atoms with van der Waals surface area (Å²) in [6, 6.07) is 9.25. The number of esters is 1. The predicted octanol–water partition coefficient (Wildman–Crippen LogP) is 3.21. The first-order chi connectivity index (χ1) is 14.1. The van der Waals surface area contributed by atoms with Gasteiger partial charge >= 0.3 is 12.1 Å². The number of nitrogens with zero attached hydrogens (tertiary/aromatic N) is 3. The molecule has 0 spiro atoms. The summed E-state index contributed by atoms with van der Waals surface area (Å²) < 4.78 is 11.8. The summed E-state index contributed by atoms with van der Waals surface area (Å²) >= 11 is 0. The Labute approximate surface area is 174 Å². The van der Waals surface area contributed by atoms with Crippen molar-refractivity contribution in [1.82, 2.24) is 14.9 Å². The first-order valence-electron chi connectivity index (χ1n) is 9.49. The maximum absolute atomic E-state index is 11.9. The number of aromatic nitrogens is 2. The van der Waals surface area contributed by atoms with Gasteiger partial charge in [0.05, 0.1) is 11.0 Å². The van der Waals surface area contributed by atoms with Crippen LogP contribution in [0, 0.1) is 11.3 Å². The van der Waals surface area contributed by atoms with Gasteiger partial charge in [-0.15, -0.1) is 0 Å². The molecule has 0 unspecified atom stereocenters. The standard InChI is InChI=1S/C21H26N4O5/c1-21(2,3)30-20(28)23-11-7-10-18(27)29-13-17(26)14(12-22)19-24-15-8-5-6-9-16(15)25(19)4/h5-6,8-9,26H,7,10-11,13H2,1-4H3,(H,23,28)/b17-14-. The number of ether oxygens (including phenoxy) is 2. The van der Waals surface area contributed by atoms with Gasteiger partial charge < -0.3 is 24.5 Å². The van der Waals surface area contributed by atoms with E-state index in [4.69, 9.17) is 9.47 Å². The second-order valence-electron chi connectivity index (χ2n) is 7.61. The fourth-order valence-corrected chi connectivity index (χ4v) is 2.64. The van der Waals surface area contributed by atoms with E-state index >= 15 is 0 Å². The van der Waals surface area contributed by atoms with Crippen molar-refractivity contribution in [3.05, 3.63) is 35.8 Å². The largest absolute Gasteiger partial charge is 0.507 e. The van der Waals surface area contributed by atoms with Crippen molar-refractivity contribution in [2.24, 2.45) is 7.05 Å². The van der Waals surface area contributed by atoms with Crippen LogP contribution in [0.5, 0.6) is 0 Å². The van der Waals surface area contributed by atoms with Gasteiger partial charge in [-0.2, -0.15) is 5.26 Å². The van der Waals surface area contributed by atoms with Crippen LogP contribution in [0.2, 0.25) is 0 Å². The number of fused-ring (bicyclic) bond motifs is 1. The number of aryl methyl sites for hydroxylation is 1. The van der Waals surface area contributed by atoms with E-state index in [1.807, 2.05) is 24.3 Å². The highest BCUT2D eigenvalue weighted by molar-refractivity contribution is 5.84. The van der Waals surface area contributed by atoms with Crippen LogP contribution in [-0.2, 0) is 21.3 Å². The van der Waals surface area contributed by atoms with Gasteiger partial charge in [-0.25, -0.2) is 9.78 Å². The Morgan fingerprint density at radius 2 is 2.00 bits per heavy atom. The molecule has 1 aromatic carbocycles. The van der Waals surface area contributed by atoms with Crippen LogP contribution in [0.4, 0.5) is 4.79 Å². The number of amides is 1. The normalized spacial score (nSPS) is 12.1. The highest BCUT2D eigenvalue weighted by Crippen LogP contribution is 2.22. The molecular weight excluding hydrogens is 388 g/mol. The number of rotatable bonds is 7. The van der Waals surface area contributed by atoms with Gasteiger partial charge in [-0.3, -0.25) is 4.79 Å². The molecule has 0 atom stereocenters. The molecule has 0 bridgehead atoms. The van der Waals surface area contributed by atoms with Crippen molar-refractivity contribution in [1.29, 1.82) is 5.26 Å². The van der Waals surface area contributed by atoms with E-state index in [9.17, 15) is 20.0 Å². The minimum Gasteiger partial charge on any atom is -0.507 e. The van der Waals surface area contributed by atoms with Crippen LogP contribution in [0.3, 0.4) is 0 Å². The van der Waals surface area contributed by atoms with Gasteiger partial charge in [0, 0.05) is 20.0 Å². The van der Waals surface area contributed by atoms with E-state index in [2.05, 4.69) is 10.3 Å². The van der Waals surface area contributed by atoms with E-state index in [1.54, 1.807) is 38.5 Å². The summed E-state index contributed by atoms with van der Waals surface area (Å²) in [7, 11) is 1.74. The molecule has 9 nitrogen and oxygen atoms in total. The molecule has 2 aromatic rings. The number of para-hydroxylation sites is 2. The van der Waals surface area contributed by atoms with Crippen molar-refractivity contribution in [3.63, 3.8) is 0 Å². The third-order valence-corrected chi connectivity index (χ3v) is 4.01. The Hall–Kier alpha value is -3.54. The van der Waals surface area contributed by atoms with E-state index in [-0.39, 0.29) is 30.1 Å². The van der Waals surface area contributed by atoms with Gasteiger partial charge in [-0.1, -0.05) is 12.1 Å². The fraction of sp³-hybridized carbons (Fsp3) is 0.429. The number of hydrogen-bond donors (Lipinski definition) is 2. The van der Waals surface area contributed by atoms with Crippen molar-refractivity contribution < 1.29 is 24.2 Å². The number of allylic oxidation sites excluding steroid dienone is 1. The number of imidazole rings is 1. The Morgan fingerprint density at radius 3 is 2.63 bits per heavy atom. The van der Waals surface area contributed by atoms with Crippen LogP contribution in [0.25, 0.3) is 16.6 Å². The first-order valence-corrected chi connectivity index (χ1v) is 9.49. The second kappa shape index (κ2) is 9.78. The molecule has 2 N–H and O–H groups in total. The van der Waals surface area contributed by atoms with E-state index in [1.165, 1.54) is 0 Å². The van der Waals surface area contributed by atoms with Crippen LogP contribution >= 0.6 is 0 Å². The SMILES string of the molecule is Cn1c(/C(C#N)=C(\O)COC(=O)CCCNC(=O)OC(C)(C)C)nc2ccccc21. The number of aliphatic hydroxyl groups excluding tert-OH is 1. The van der Waals surface area contributed by atoms with Crippen LogP contribution in [0.15, 0.2) is 30.0 Å². The average Bonchev–Trinajstić information content (AvgIpc) is 2.99. The average molecular weight is 414 g/mol. The van der Waals surface area contributed by atoms with Gasteiger partial charge in [0.2, 0.25) is 0 Å². The molecule has 2 rings (SSSR count). The molecular formula is C21H26N4O5. The molecule has 0 aliphatic carbocycles. The summed E-state index contributed by atoms with van der Waals surface area (Å²) in [5, 5.41) is 22.3. The van der Waals surface area contributed by atoms with Crippen molar-refractivity contribution in [2.75, 3.05) is 13.2 Å². The lowest BCUT2D eigenvalue weighted by Crippen LogP contribution is -2.33. The molecule has 9 heteroatoms. The summed E-state index contributed by atoms with van der Waals surface area (Å²) in [5.41, 5.74) is 0.838. The fourth-order valence-electron chi connectivity index (χ4n) is 2.64. The zero-order valence-corrected chi connectivity index (χ0v) is 17.6. The summed E-state index contributed by atoms with van der Waals surface area (Å²) in [6.45, 7) is 5.08. The number of benzene rings is 1. The lowest BCUT2D eigenvalue weighted by molar-refractivity contribution is -0.143. The number of aliphatic hydroxyl groups is 1. The zero-order chi connectivity index (χ0) is 22.3. The molecule has 1 amide bonds. The smallest absolute Gasteiger partial charge is 0.407 e. The molecule has 0 aliphatic heterocycles. The van der Waals surface area contributed by atoms with Crippen molar-refractivity contribution in [3.8, 4) is 6.07 Å². The van der Waals surface area contributed by atoms with E-state index in [0.717, 1.165) is 5.52 Å². The van der Waals surface area contributed by atoms with Crippen LogP contribution in [-0.4, -0.2) is 45.5 Å². The maximum atomic E-state index is 11.9. The monoisotopic (exact) mass is 414 g/mol. The summed E-state index contributed by atoms with van der Waals surface area (Å²) in [6.07, 6.45) is -0.173. The van der Waals surface area contributed by atoms with Crippen molar-refractivity contribution in [2.45, 2.75) is 39.2 Å².